The third-order valence-corrected chi connectivity index (χ3v) is 3.72. The van der Waals surface area contributed by atoms with Crippen molar-refractivity contribution in [2.45, 2.75) is 34.1 Å². The summed E-state index contributed by atoms with van der Waals surface area (Å²) in [5.41, 5.74) is 0. The lowest BCUT2D eigenvalue weighted by atomic mass is 9.99. The van der Waals surface area contributed by atoms with Gasteiger partial charge in [-0.05, 0) is 25.2 Å². The number of rotatable bonds is 5. The molecule has 1 aliphatic heterocycles. The molecule has 0 saturated carbocycles. The van der Waals surface area contributed by atoms with Crippen LogP contribution in [0.15, 0.2) is 4.99 Å². The van der Waals surface area contributed by atoms with E-state index in [4.69, 9.17) is 4.74 Å². The summed E-state index contributed by atoms with van der Waals surface area (Å²) in [6, 6.07) is 0. The van der Waals surface area contributed by atoms with Crippen molar-refractivity contribution in [1.82, 2.24) is 10.2 Å². The van der Waals surface area contributed by atoms with E-state index in [9.17, 15) is 4.79 Å². The number of hydrogen-bond acceptors (Lipinski definition) is 3. The quantitative estimate of drug-likeness (QED) is 0.327. The third-order valence-electron chi connectivity index (χ3n) is 3.72. The van der Waals surface area contributed by atoms with Gasteiger partial charge in [-0.3, -0.25) is 9.79 Å². The maximum atomic E-state index is 11.7. The van der Waals surface area contributed by atoms with Crippen LogP contribution in [0.4, 0.5) is 0 Å². The molecule has 0 bridgehead atoms. The van der Waals surface area contributed by atoms with E-state index in [2.05, 4.69) is 42.9 Å². The molecule has 6 heteroatoms. The molecule has 2 unspecified atom stereocenters. The lowest BCUT2D eigenvalue weighted by Crippen LogP contribution is -2.40. The highest BCUT2D eigenvalue weighted by Gasteiger charge is 2.36. The Bertz CT molecular complexity index is 348. The number of ether oxygens (including phenoxy) is 1. The number of hydrogen-bond donors (Lipinski definition) is 1. The van der Waals surface area contributed by atoms with Crippen LogP contribution < -0.4 is 5.32 Å². The number of carbonyl (C=O) groups is 1. The predicted molar refractivity (Wildman–Crippen MR) is 97.1 cm³/mol. The van der Waals surface area contributed by atoms with Crippen LogP contribution in [0.3, 0.4) is 0 Å². The van der Waals surface area contributed by atoms with Gasteiger partial charge in [-0.15, -0.1) is 24.0 Å². The van der Waals surface area contributed by atoms with E-state index < -0.39 is 0 Å². The standard InChI is InChI=1S/C15H29N3O2.HI/c1-6-16-15(17-8-7-11(2)3)18-9-12(4)13(10-18)14(19)20-5;/h11-13H,6-10H2,1-5H3,(H,16,17);1H. The number of nitrogens with zero attached hydrogens (tertiary/aromatic N) is 2. The van der Waals surface area contributed by atoms with Crippen LogP contribution in [0.25, 0.3) is 0 Å². The van der Waals surface area contributed by atoms with Gasteiger partial charge in [0.2, 0.25) is 0 Å². The summed E-state index contributed by atoms with van der Waals surface area (Å²) >= 11 is 0. The molecule has 5 nitrogen and oxygen atoms in total. The first kappa shape index (κ1) is 20.5. The van der Waals surface area contributed by atoms with Gasteiger partial charge in [-0.25, -0.2) is 0 Å². The Balaban J connectivity index is 0.00000400. The van der Waals surface area contributed by atoms with E-state index in [0.717, 1.165) is 32.0 Å². The lowest BCUT2D eigenvalue weighted by molar-refractivity contribution is -0.145. The maximum absolute atomic E-state index is 11.7. The van der Waals surface area contributed by atoms with E-state index in [0.29, 0.717) is 18.4 Å². The topological polar surface area (TPSA) is 53.9 Å². The fourth-order valence-electron chi connectivity index (χ4n) is 2.45. The molecule has 124 valence electrons. The van der Waals surface area contributed by atoms with E-state index >= 15 is 0 Å². The molecular formula is C15H30IN3O2. The van der Waals surface area contributed by atoms with Crippen LogP contribution in [0.1, 0.15) is 34.1 Å². The fraction of sp³-hybridized carbons (Fsp3) is 0.867. The maximum Gasteiger partial charge on any atom is 0.310 e. The van der Waals surface area contributed by atoms with Crippen molar-refractivity contribution in [2.24, 2.45) is 22.7 Å². The number of nitrogens with one attached hydrogen (secondary N) is 1. The summed E-state index contributed by atoms with van der Waals surface area (Å²) in [4.78, 5) is 18.6. The van der Waals surface area contributed by atoms with Crippen LogP contribution in [0, 0.1) is 17.8 Å². The molecule has 1 saturated heterocycles. The van der Waals surface area contributed by atoms with Gasteiger partial charge in [-0.2, -0.15) is 0 Å². The minimum absolute atomic E-state index is 0. The zero-order valence-electron chi connectivity index (χ0n) is 13.9. The van der Waals surface area contributed by atoms with Crippen LogP contribution in [-0.2, 0) is 9.53 Å². The summed E-state index contributed by atoms with van der Waals surface area (Å²) in [5, 5.41) is 3.32. The van der Waals surface area contributed by atoms with Gasteiger partial charge in [0.05, 0.1) is 13.0 Å². The van der Waals surface area contributed by atoms with Crippen molar-refractivity contribution < 1.29 is 9.53 Å². The van der Waals surface area contributed by atoms with Crippen molar-refractivity contribution in [3.8, 4) is 0 Å². The Labute approximate surface area is 145 Å². The molecule has 0 amide bonds. The van der Waals surface area contributed by atoms with Crippen LogP contribution in [-0.4, -0.2) is 50.1 Å². The number of likely N-dealkylation sites (tertiary alicyclic amines) is 1. The zero-order chi connectivity index (χ0) is 15.1. The highest BCUT2D eigenvalue weighted by atomic mass is 127. The van der Waals surface area contributed by atoms with Crippen molar-refractivity contribution in [3.63, 3.8) is 0 Å². The number of guanidine groups is 1. The van der Waals surface area contributed by atoms with E-state index in [1.807, 2.05) is 0 Å². The first-order chi connectivity index (χ1) is 9.49. The van der Waals surface area contributed by atoms with Crippen molar-refractivity contribution >= 4 is 35.9 Å². The average Bonchev–Trinajstić information content (AvgIpc) is 2.78. The van der Waals surface area contributed by atoms with Gasteiger partial charge in [0.25, 0.3) is 0 Å². The summed E-state index contributed by atoms with van der Waals surface area (Å²) in [6.07, 6.45) is 1.08. The van der Waals surface area contributed by atoms with Gasteiger partial charge in [0.15, 0.2) is 5.96 Å². The van der Waals surface area contributed by atoms with Gasteiger partial charge in [-0.1, -0.05) is 20.8 Å². The van der Waals surface area contributed by atoms with Crippen LogP contribution in [0.2, 0.25) is 0 Å². The third kappa shape index (κ3) is 6.40. The second kappa shape index (κ2) is 10.2. The molecule has 2 atom stereocenters. The predicted octanol–water partition coefficient (Wildman–Crippen LogP) is 2.36. The van der Waals surface area contributed by atoms with Gasteiger partial charge >= 0.3 is 5.97 Å². The zero-order valence-corrected chi connectivity index (χ0v) is 16.2. The van der Waals surface area contributed by atoms with Crippen molar-refractivity contribution in [2.75, 3.05) is 33.3 Å². The Morgan fingerprint density at radius 3 is 2.62 bits per heavy atom. The Hall–Kier alpha value is -0.530. The number of halogens is 1. The van der Waals surface area contributed by atoms with Crippen LogP contribution >= 0.6 is 24.0 Å². The normalized spacial score (nSPS) is 22.2. The molecule has 0 aromatic rings. The summed E-state index contributed by atoms with van der Waals surface area (Å²) in [7, 11) is 1.46. The molecule has 0 aliphatic carbocycles. The van der Waals surface area contributed by atoms with Gasteiger partial charge in [0, 0.05) is 26.2 Å². The number of esters is 1. The largest absolute Gasteiger partial charge is 0.469 e. The molecule has 0 aromatic heterocycles. The summed E-state index contributed by atoms with van der Waals surface area (Å²) in [6.45, 7) is 11.8. The Kier molecular flexibility index (Phi) is 9.98. The average molecular weight is 411 g/mol. The monoisotopic (exact) mass is 411 g/mol. The lowest BCUT2D eigenvalue weighted by Gasteiger charge is -2.21. The molecule has 0 radical (unpaired) electrons. The first-order valence-corrected chi connectivity index (χ1v) is 7.60. The molecule has 1 heterocycles. The molecule has 21 heavy (non-hydrogen) atoms. The molecule has 0 spiro atoms. The van der Waals surface area contributed by atoms with Crippen molar-refractivity contribution in [1.29, 1.82) is 0 Å². The number of methoxy groups -OCH3 is 1. The molecule has 1 fully saturated rings. The van der Waals surface area contributed by atoms with Crippen LogP contribution in [0.5, 0.6) is 0 Å². The highest BCUT2D eigenvalue weighted by molar-refractivity contribution is 14.0. The molecule has 1 N–H and O–H groups in total. The van der Waals surface area contributed by atoms with E-state index in [1.54, 1.807) is 0 Å². The van der Waals surface area contributed by atoms with Gasteiger partial charge in [0.1, 0.15) is 0 Å². The second-order valence-corrected chi connectivity index (χ2v) is 5.93. The van der Waals surface area contributed by atoms with E-state index in [1.165, 1.54) is 7.11 Å². The summed E-state index contributed by atoms with van der Waals surface area (Å²) in [5.74, 6) is 1.72. The molecule has 1 aliphatic rings. The van der Waals surface area contributed by atoms with Gasteiger partial charge < -0.3 is 15.0 Å². The smallest absolute Gasteiger partial charge is 0.310 e. The molecular weight excluding hydrogens is 381 g/mol. The first-order valence-electron chi connectivity index (χ1n) is 7.60. The highest BCUT2D eigenvalue weighted by Crippen LogP contribution is 2.24. The Morgan fingerprint density at radius 1 is 1.43 bits per heavy atom. The molecule has 1 rings (SSSR count). The minimum atomic E-state index is -0.113. The Morgan fingerprint density at radius 2 is 2.10 bits per heavy atom. The second-order valence-electron chi connectivity index (χ2n) is 5.93. The number of carbonyl (C=O) groups excluding carboxylic acids is 1. The van der Waals surface area contributed by atoms with Crippen molar-refractivity contribution in [3.05, 3.63) is 0 Å². The fourth-order valence-corrected chi connectivity index (χ4v) is 2.45. The minimum Gasteiger partial charge on any atom is -0.469 e. The molecule has 0 aromatic carbocycles. The van der Waals surface area contributed by atoms with E-state index in [-0.39, 0.29) is 35.9 Å². The SMILES string of the molecule is CCNC(=NCCC(C)C)N1CC(C)C(C(=O)OC)C1.I. The number of aliphatic imine (C=N–C) groups is 1. The summed E-state index contributed by atoms with van der Waals surface area (Å²) < 4.78 is 4.88.